The zero-order valence-corrected chi connectivity index (χ0v) is 26.5. The molecule has 0 aliphatic carbocycles. The van der Waals surface area contributed by atoms with Crippen LogP contribution in [0.1, 0.15) is 22.3 Å². The third kappa shape index (κ3) is 6.29. The Morgan fingerprint density at radius 2 is 1.00 bits per heavy atom. The van der Waals surface area contributed by atoms with Gasteiger partial charge in [0.05, 0.1) is 0 Å². The van der Waals surface area contributed by atoms with Crippen LogP contribution in [0.4, 0.5) is 0 Å². The number of ether oxygens (including phenoxy) is 1. The molecule has 5 aromatic carbocycles. The third-order valence-electron chi connectivity index (χ3n) is 8.35. The Kier molecular flexibility index (Phi) is 9.42. The lowest BCUT2D eigenvalue weighted by atomic mass is 10.1. The molecule has 5 aromatic rings. The van der Waals surface area contributed by atoms with Gasteiger partial charge in [-0.25, -0.2) is 4.58 Å². The molecule has 1 fully saturated rings. The fourth-order valence-corrected chi connectivity index (χ4v) is 10.5. The summed E-state index contributed by atoms with van der Waals surface area (Å²) in [5.41, 5.74) is 6.23. The molecule has 44 heavy (non-hydrogen) atoms. The van der Waals surface area contributed by atoms with E-state index in [0.717, 1.165) is 26.3 Å². The highest BCUT2D eigenvalue weighted by Crippen LogP contribution is 2.66. The van der Waals surface area contributed by atoms with Gasteiger partial charge in [-0.2, -0.15) is 0 Å². The number of benzene rings is 5. The van der Waals surface area contributed by atoms with Gasteiger partial charge >= 0.3 is 0 Å². The molecule has 0 spiro atoms. The molecular weight excluding hydrogens is 553 g/mol. The number of rotatable bonds is 8. The molecule has 0 bridgehead atoms. The number of hydrogen-bond acceptors (Lipinski definition) is 1. The van der Waals surface area contributed by atoms with Crippen molar-refractivity contribution >= 4 is 34.2 Å². The summed E-state index contributed by atoms with van der Waals surface area (Å²) in [7, 11) is -2.30. The number of aryl methyl sites for hydroxylation is 2. The van der Waals surface area contributed by atoms with Crippen LogP contribution in [0, 0.1) is 13.8 Å². The summed E-state index contributed by atoms with van der Waals surface area (Å²) in [6, 6.07) is 51.3. The molecule has 0 atom stereocenters. The summed E-state index contributed by atoms with van der Waals surface area (Å²) in [5.74, 6) is 0. The summed E-state index contributed by atoms with van der Waals surface area (Å²) >= 11 is 0. The van der Waals surface area contributed by atoms with Crippen LogP contribution in [0.5, 0.6) is 0 Å². The van der Waals surface area contributed by atoms with Crippen LogP contribution in [-0.4, -0.2) is 36.6 Å². The molecule has 1 aliphatic rings. The van der Waals surface area contributed by atoms with E-state index in [-0.39, 0.29) is 0 Å². The molecule has 1 saturated heterocycles. The van der Waals surface area contributed by atoms with Gasteiger partial charge in [0, 0.05) is 17.2 Å². The lowest BCUT2D eigenvalue weighted by molar-refractivity contribution is -0.548. The standard InChI is InChI=1S/C41H40NOP/c1-33-21-25-35(26-22-33)40(42-29-31-43-32-30-42)19-12-20-41(36-27-23-34(2)24-28-36)44(37-13-6-3-7-14-37,38-15-8-4-9-16-38)39-17-10-5-11-18-39/h3-28H,29-32H2,1-2H3/q+2/b19-12+,41-20+. The zero-order valence-electron chi connectivity index (χ0n) is 25.6. The Morgan fingerprint density at radius 3 is 1.45 bits per heavy atom. The second-order valence-electron chi connectivity index (χ2n) is 11.3. The van der Waals surface area contributed by atoms with E-state index < -0.39 is 7.26 Å². The van der Waals surface area contributed by atoms with Crippen molar-refractivity contribution in [2.45, 2.75) is 13.8 Å². The van der Waals surface area contributed by atoms with E-state index in [1.807, 2.05) is 0 Å². The Labute approximate surface area is 263 Å². The summed E-state index contributed by atoms with van der Waals surface area (Å²) in [6.45, 7) is 7.57. The lowest BCUT2D eigenvalue weighted by Crippen LogP contribution is -2.33. The Hall–Kier alpha value is -4.36. The number of allylic oxidation sites excluding steroid dienone is 3. The first-order chi connectivity index (χ1) is 21.7. The first-order valence-electron chi connectivity index (χ1n) is 15.4. The molecule has 0 aromatic heterocycles. The van der Waals surface area contributed by atoms with Gasteiger partial charge in [0.25, 0.3) is 0 Å². The molecule has 218 valence electrons. The van der Waals surface area contributed by atoms with Crippen LogP contribution in [-0.2, 0) is 4.74 Å². The number of morpholine rings is 1. The zero-order chi connectivity index (χ0) is 30.2. The normalized spacial score (nSPS) is 14.1. The van der Waals surface area contributed by atoms with Crippen molar-refractivity contribution in [1.82, 2.24) is 0 Å². The van der Waals surface area contributed by atoms with E-state index in [2.05, 4.69) is 176 Å². The predicted octanol–water partition coefficient (Wildman–Crippen LogP) is 7.73. The largest absolute Gasteiger partial charge is 0.368 e. The first-order valence-corrected chi connectivity index (χ1v) is 17.2. The van der Waals surface area contributed by atoms with Crippen LogP contribution < -0.4 is 15.9 Å². The Bertz CT molecular complexity index is 1650. The molecule has 0 N–H and O–H groups in total. The van der Waals surface area contributed by atoms with Gasteiger partial charge in [0.15, 0.2) is 13.1 Å². The maximum atomic E-state index is 5.72. The average molecular weight is 594 g/mol. The molecule has 1 heterocycles. The van der Waals surface area contributed by atoms with Gasteiger partial charge in [-0.15, -0.1) is 0 Å². The van der Waals surface area contributed by atoms with E-state index in [4.69, 9.17) is 4.74 Å². The molecular formula is C41H40NOP+2. The summed E-state index contributed by atoms with van der Waals surface area (Å²) in [4.78, 5) is 0. The van der Waals surface area contributed by atoms with E-state index in [9.17, 15) is 0 Å². The molecule has 0 amide bonds. The SMILES string of the molecule is Cc1ccc(C(/C=C/C=C(\c2ccc(C)cc2)[P+](c2ccccc2)(c2ccccc2)c2ccccc2)=[N+]2CCOCC2)cc1. The van der Waals surface area contributed by atoms with Gasteiger partial charge in [0.1, 0.15) is 41.7 Å². The predicted molar refractivity (Wildman–Crippen MR) is 190 cm³/mol. The summed E-state index contributed by atoms with van der Waals surface area (Å²) in [6.07, 6.45) is 6.98. The number of hydrogen-bond donors (Lipinski definition) is 0. The summed E-state index contributed by atoms with van der Waals surface area (Å²) < 4.78 is 8.18. The minimum Gasteiger partial charge on any atom is -0.368 e. The molecule has 0 unspecified atom stereocenters. The highest BCUT2D eigenvalue weighted by molar-refractivity contribution is 8.03. The topological polar surface area (TPSA) is 12.2 Å². The lowest BCUT2D eigenvalue weighted by Gasteiger charge is -2.29. The van der Waals surface area contributed by atoms with Crippen LogP contribution in [0.25, 0.3) is 5.31 Å². The molecule has 6 rings (SSSR count). The van der Waals surface area contributed by atoms with Crippen molar-refractivity contribution in [1.29, 1.82) is 0 Å². The first kappa shape index (κ1) is 29.7. The maximum Gasteiger partial charge on any atom is 0.207 e. The van der Waals surface area contributed by atoms with Crippen molar-refractivity contribution < 1.29 is 9.31 Å². The van der Waals surface area contributed by atoms with Gasteiger partial charge in [-0.1, -0.05) is 108 Å². The molecule has 2 nitrogen and oxygen atoms in total. The van der Waals surface area contributed by atoms with Gasteiger partial charge in [0.2, 0.25) is 5.71 Å². The van der Waals surface area contributed by atoms with Crippen LogP contribution in [0.3, 0.4) is 0 Å². The van der Waals surface area contributed by atoms with E-state index >= 15 is 0 Å². The Morgan fingerprint density at radius 1 is 0.568 bits per heavy atom. The second-order valence-corrected chi connectivity index (χ2v) is 14.7. The molecule has 1 aliphatic heterocycles. The van der Waals surface area contributed by atoms with Crippen molar-refractivity contribution in [2.75, 3.05) is 26.3 Å². The fourth-order valence-electron chi connectivity index (χ4n) is 6.09. The van der Waals surface area contributed by atoms with Crippen LogP contribution >= 0.6 is 7.26 Å². The van der Waals surface area contributed by atoms with E-state index in [0.29, 0.717) is 0 Å². The average Bonchev–Trinajstić information content (AvgIpc) is 3.09. The smallest absolute Gasteiger partial charge is 0.207 e. The van der Waals surface area contributed by atoms with E-state index in [1.54, 1.807) is 0 Å². The highest BCUT2D eigenvalue weighted by Gasteiger charge is 2.49. The van der Waals surface area contributed by atoms with E-state index in [1.165, 1.54) is 49.2 Å². The highest BCUT2D eigenvalue weighted by atomic mass is 31.2. The maximum absolute atomic E-state index is 5.72. The minimum atomic E-state index is -2.30. The third-order valence-corrected chi connectivity index (χ3v) is 12.7. The van der Waals surface area contributed by atoms with Crippen molar-refractivity contribution in [2.24, 2.45) is 0 Å². The van der Waals surface area contributed by atoms with Crippen LogP contribution in [0.2, 0.25) is 0 Å². The van der Waals surface area contributed by atoms with Gasteiger partial charge in [-0.3, -0.25) is 0 Å². The van der Waals surface area contributed by atoms with Crippen molar-refractivity contribution in [3.63, 3.8) is 0 Å². The minimum absolute atomic E-state index is 0.748. The number of nitrogens with zero attached hydrogens (tertiary/aromatic N) is 1. The summed E-state index contributed by atoms with van der Waals surface area (Å²) in [5, 5.41) is 5.36. The Balaban J connectivity index is 1.62. The monoisotopic (exact) mass is 593 g/mol. The van der Waals surface area contributed by atoms with Crippen molar-refractivity contribution in [3.8, 4) is 0 Å². The second kappa shape index (κ2) is 14.0. The molecule has 0 radical (unpaired) electrons. The van der Waals surface area contributed by atoms with Crippen LogP contribution in [0.15, 0.2) is 158 Å². The van der Waals surface area contributed by atoms with Gasteiger partial charge < -0.3 is 4.74 Å². The fraction of sp³-hybridized carbons (Fsp3) is 0.146. The van der Waals surface area contributed by atoms with Crippen molar-refractivity contribution in [3.05, 3.63) is 180 Å². The quantitative estimate of drug-likeness (QED) is 0.102. The van der Waals surface area contributed by atoms with Gasteiger partial charge in [-0.05, 0) is 68.5 Å². The molecule has 0 saturated carbocycles. The molecule has 3 heteroatoms.